The fourth-order valence-electron chi connectivity index (χ4n) is 3.74. The van der Waals surface area contributed by atoms with Crippen molar-refractivity contribution in [3.05, 3.63) is 53.1 Å². The highest BCUT2D eigenvalue weighted by Crippen LogP contribution is 2.34. The Labute approximate surface area is 218 Å². The first-order valence-corrected chi connectivity index (χ1v) is 12.7. The topological polar surface area (TPSA) is 221 Å². The Morgan fingerprint density at radius 1 is 1.24 bits per heavy atom. The molecule has 1 aliphatic rings. The molecule has 204 valence electrons. The van der Waals surface area contributed by atoms with Gasteiger partial charge < -0.3 is 30.7 Å². The highest BCUT2D eigenvalue weighted by atomic mass is 32.2. The highest BCUT2D eigenvalue weighted by Gasteiger charge is 2.33. The van der Waals surface area contributed by atoms with Gasteiger partial charge in [-0.25, -0.2) is 4.79 Å². The number of rotatable bonds is 9. The number of carbonyl (C=O) groups excluding carboxylic acids is 1. The van der Waals surface area contributed by atoms with Crippen LogP contribution in [0.4, 0.5) is 5.69 Å². The van der Waals surface area contributed by atoms with Gasteiger partial charge in [-0.2, -0.15) is 17.4 Å². The molecule has 0 saturated carbocycles. The molecule has 1 aliphatic heterocycles. The van der Waals surface area contributed by atoms with Gasteiger partial charge in [-0.3, -0.25) is 15.0 Å². The second-order valence-corrected chi connectivity index (χ2v) is 10.1. The van der Waals surface area contributed by atoms with Crippen molar-refractivity contribution < 1.29 is 42.5 Å². The number of likely N-dealkylation sites (N-methyl/N-ethyl adjacent to an activating group) is 1. The van der Waals surface area contributed by atoms with Crippen LogP contribution in [-0.4, -0.2) is 66.5 Å². The van der Waals surface area contributed by atoms with E-state index < -0.39 is 40.6 Å². The van der Waals surface area contributed by atoms with Gasteiger partial charge in [0.1, 0.15) is 6.04 Å². The summed E-state index contributed by atoms with van der Waals surface area (Å²) in [7, 11) is -3.46. The number of para-hydroxylation sites is 1. The van der Waals surface area contributed by atoms with E-state index in [1.165, 1.54) is 12.1 Å². The summed E-state index contributed by atoms with van der Waals surface area (Å²) < 4.78 is 39.5. The van der Waals surface area contributed by atoms with Gasteiger partial charge in [0.15, 0.2) is 17.5 Å². The molecule has 2 aromatic carbocycles. The molecule has 38 heavy (non-hydrogen) atoms. The van der Waals surface area contributed by atoms with Crippen molar-refractivity contribution >= 4 is 39.8 Å². The number of aryl methyl sites for hydroxylation is 1. The summed E-state index contributed by atoms with van der Waals surface area (Å²) in [6, 6.07) is 7.56. The van der Waals surface area contributed by atoms with Crippen LogP contribution in [0.3, 0.4) is 0 Å². The van der Waals surface area contributed by atoms with Crippen molar-refractivity contribution in [2.75, 3.05) is 19.0 Å². The molecule has 2 aromatic rings. The number of ether oxygens (including phenoxy) is 2. The van der Waals surface area contributed by atoms with E-state index in [4.69, 9.17) is 25.7 Å². The van der Waals surface area contributed by atoms with Gasteiger partial charge in [0.05, 0.1) is 18.6 Å². The zero-order valence-corrected chi connectivity index (χ0v) is 21.1. The summed E-state index contributed by atoms with van der Waals surface area (Å²) in [5.41, 5.74) is 7.18. The number of nitrogens with zero attached hydrogens (tertiary/aromatic N) is 1. The summed E-state index contributed by atoms with van der Waals surface area (Å²) >= 11 is 0. The molecular formula is C23H27N5O9S. The number of hydrogen-bond donors (Lipinski definition) is 6. The number of carboxylic acids is 2. The Kier molecular flexibility index (Phi) is 8.88. The lowest BCUT2D eigenvalue weighted by Gasteiger charge is -2.24. The maximum absolute atomic E-state index is 13.0. The lowest BCUT2D eigenvalue weighted by Crippen LogP contribution is -2.48. The molecule has 15 heteroatoms. The molecule has 0 bridgehead atoms. The Bertz CT molecular complexity index is 1360. The lowest BCUT2D eigenvalue weighted by molar-refractivity contribution is -0.147. The molecule has 0 amide bonds. The van der Waals surface area contributed by atoms with Crippen LogP contribution in [0.2, 0.25) is 0 Å². The normalized spacial score (nSPS) is 14.3. The van der Waals surface area contributed by atoms with E-state index in [9.17, 15) is 27.9 Å². The van der Waals surface area contributed by atoms with E-state index in [1.54, 1.807) is 24.3 Å². The number of hydrogen-bond acceptors (Lipinski definition) is 8. The zero-order chi connectivity index (χ0) is 28.0. The van der Waals surface area contributed by atoms with Crippen molar-refractivity contribution in [1.82, 2.24) is 9.03 Å². The van der Waals surface area contributed by atoms with Crippen LogP contribution in [0.15, 0.2) is 36.4 Å². The monoisotopic (exact) mass is 549 g/mol. The van der Waals surface area contributed by atoms with Crippen LogP contribution in [-0.2, 0) is 32.8 Å². The van der Waals surface area contributed by atoms with E-state index in [2.05, 4.69) is 10.0 Å². The van der Waals surface area contributed by atoms with Crippen LogP contribution in [0.1, 0.15) is 34.3 Å². The second-order valence-electron chi connectivity index (χ2n) is 8.29. The molecule has 14 nitrogen and oxygen atoms in total. The van der Waals surface area contributed by atoms with Gasteiger partial charge >= 0.3 is 17.9 Å². The first kappa shape index (κ1) is 28.4. The Hall–Kier alpha value is -4.21. The molecule has 0 unspecified atom stereocenters. The van der Waals surface area contributed by atoms with Crippen molar-refractivity contribution in [3.63, 3.8) is 0 Å². The summed E-state index contributed by atoms with van der Waals surface area (Å²) in [5.74, 6) is -3.83. The quantitative estimate of drug-likeness (QED) is 0.111. The Morgan fingerprint density at radius 3 is 2.63 bits per heavy atom. The number of benzene rings is 2. The predicted molar refractivity (Wildman–Crippen MR) is 134 cm³/mol. The van der Waals surface area contributed by atoms with E-state index in [1.807, 2.05) is 0 Å². The predicted octanol–water partition coefficient (Wildman–Crippen LogP) is 0.730. The number of nitrogens with one attached hydrogen (secondary N) is 3. The number of aliphatic carboxylic acids is 2. The third kappa shape index (κ3) is 6.96. The van der Waals surface area contributed by atoms with Crippen LogP contribution in [0, 0.1) is 5.41 Å². The minimum atomic E-state index is -4.42. The van der Waals surface area contributed by atoms with Crippen LogP contribution in [0.5, 0.6) is 11.5 Å². The summed E-state index contributed by atoms with van der Waals surface area (Å²) in [4.78, 5) is 35.4. The molecule has 1 atom stereocenters. The number of esters is 1. The SMILES string of the molecule is CN([C@@H](CC(=O)O)C(=O)O)S(=O)(=O)NCc1cccc2c1OCCCc1cc(NC(=N)N)ccc1C(=O)O2. The first-order valence-electron chi connectivity index (χ1n) is 11.3. The maximum atomic E-state index is 13.0. The third-order valence-electron chi connectivity index (χ3n) is 5.62. The molecule has 0 spiro atoms. The zero-order valence-electron chi connectivity index (χ0n) is 20.3. The Balaban J connectivity index is 1.84. The smallest absolute Gasteiger partial charge is 0.343 e. The molecule has 1 heterocycles. The van der Waals surface area contributed by atoms with E-state index >= 15 is 0 Å². The van der Waals surface area contributed by atoms with E-state index in [0.29, 0.717) is 39.5 Å². The van der Waals surface area contributed by atoms with Gasteiger partial charge in [-0.1, -0.05) is 12.1 Å². The lowest BCUT2D eigenvalue weighted by atomic mass is 10.0. The van der Waals surface area contributed by atoms with Crippen molar-refractivity contribution in [1.29, 1.82) is 5.41 Å². The van der Waals surface area contributed by atoms with Gasteiger partial charge in [-0.05, 0) is 42.7 Å². The summed E-state index contributed by atoms with van der Waals surface area (Å²) in [5, 5.41) is 28.2. The average molecular weight is 550 g/mol. The number of nitrogens with two attached hydrogens (primary N) is 1. The van der Waals surface area contributed by atoms with Gasteiger partial charge in [0, 0.05) is 24.8 Å². The fourth-order valence-corrected chi connectivity index (χ4v) is 4.79. The Morgan fingerprint density at radius 2 is 1.97 bits per heavy atom. The fraction of sp³-hybridized carbons (Fsp3) is 0.304. The number of fused-ring (bicyclic) bond motifs is 2. The minimum Gasteiger partial charge on any atom is -0.489 e. The summed E-state index contributed by atoms with van der Waals surface area (Å²) in [6.45, 7) is -0.165. The molecule has 0 saturated heterocycles. The van der Waals surface area contributed by atoms with Crippen LogP contribution >= 0.6 is 0 Å². The average Bonchev–Trinajstić information content (AvgIpc) is 2.83. The molecule has 3 rings (SSSR count). The van der Waals surface area contributed by atoms with E-state index in [0.717, 1.165) is 7.05 Å². The molecule has 7 N–H and O–H groups in total. The molecule has 0 aliphatic carbocycles. The molecule has 0 fully saturated rings. The number of anilines is 1. The standard InChI is InChI=1S/C23H27N5O9S/c1-28(17(21(31)32)11-19(29)30)38(34,35)26-12-14-4-2-6-18-20(14)36-9-3-5-13-10-15(27-23(24)25)7-8-16(13)22(33)37-18/h2,4,6-8,10,17,26H,3,5,9,11-12H2,1H3,(H,29,30)(H,31,32)(H4,24,25,27)/t17-/m0/s1. The number of guanidine groups is 1. The van der Waals surface area contributed by atoms with Gasteiger partial charge in [-0.15, -0.1) is 0 Å². The van der Waals surface area contributed by atoms with Crippen molar-refractivity contribution in [3.8, 4) is 11.5 Å². The highest BCUT2D eigenvalue weighted by molar-refractivity contribution is 7.87. The van der Waals surface area contributed by atoms with Gasteiger partial charge in [0.2, 0.25) is 0 Å². The second kappa shape index (κ2) is 11.9. The molecule has 0 aromatic heterocycles. The number of carboxylic acid groups (broad SMARTS) is 2. The van der Waals surface area contributed by atoms with E-state index in [-0.39, 0.29) is 30.6 Å². The van der Waals surface area contributed by atoms with Crippen LogP contribution < -0.4 is 25.2 Å². The summed E-state index contributed by atoms with van der Waals surface area (Å²) in [6.07, 6.45) is -0.00518. The minimum absolute atomic E-state index is 0.0492. The van der Waals surface area contributed by atoms with Crippen molar-refractivity contribution in [2.24, 2.45) is 5.73 Å². The van der Waals surface area contributed by atoms with Gasteiger partial charge in [0.25, 0.3) is 10.2 Å². The third-order valence-corrected chi connectivity index (χ3v) is 7.14. The number of carbonyl (C=O) groups is 3. The maximum Gasteiger partial charge on any atom is 0.343 e. The first-order chi connectivity index (χ1) is 17.9. The molecular weight excluding hydrogens is 522 g/mol. The molecule has 0 radical (unpaired) electrons. The largest absolute Gasteiger partial charge is 0.489 e. The van der Waals surface area contributed by atoms with Crippen LogP contribution in [0.25, 0.3) is 0 Å². The van der Waals surface area contributed by atoms with Crippen molar-refractivity contribution in [2.45, 2.75) is 31.8 Å².